The van der Waals surface area contributed by atoms with Crippen molar-refractivity contribution in [3.63, 3.8) is 0 Å². The first-order valence-electron chi connectivity index (χ1n) is 9.57. The highest BCUT2D eigenvalue weighted by atomic mass is 35.5. The van der Waals surface area contributed by atoms with Gasteiger partial charge < -0.3 is 10.2 Å². The molecule has 0 aromatic heterocycles. The third-order valence-corrected chi connectivity index (χ3v) is 5.42. The molecule has 0 saturated heterocycles. The van der Waals surface area contributed by atoms with Gasteiger partial charge in [-0.05, 0) is 66.9 Å². The first kappa shape index (κ1) is 19.2. The summed E-state index contributed by atoms with van der Waals surface area (Å²) >= 11 is 5.87. The van der Waals surface area contributed by atoms with Crippen LogP contribution < -0.4 is 10.2 Å². The van der Waals surface area contributed by atoms with Crippen LogP contribution in [0.25, 0.3) is 0 Å². The molecule has 1 heterocycles. The highest BCUT2D eigenvalue weighted by molar-refractivity contribution is 6.30. The van der Waals surface area contributed by atoms with Crippen molar-refractivity contribution in [2.75, 3.05) is 4.90 Å². The third kappa shape index (κ3) is 4.03. The van der Waals surface area contributed by atoms with Gasteiger partial charge in [-0.3, -0.25) is 9.59 Å². The molecule has 2 amide bonds. The number of nitrogens with one attached hydrogen (secondary N) is 1. The van der Waals surface area contributed by atoms with Crippen molar-refractivity contribution < 1.29 is 9.59 Å². The maximum Gasteiger partial charge on any atom is 0.258 e. The molecule has 1 aliphatic rings. The minimum atomic E-state index is -0.159. The average molecular weight is 405 g/mol. The Bertz CT molecular complexity index is 1050. The molecule has 0 aliphatic carbocycles. The maximum atomic E-state index is 13.1. The highest BCUT2D eigenvalue weighted by Crippen LogP contribution is 2.34. The number of fused-ring (bicyclic) bond motifs is 1. The summed E-state index contributed by atoms with van der Waals surface area (Å²) in [7, 11) is 0. The van der Waals surface area contributed by atoms with Crippen LogP contribution >= 0.6 is 11.6 Å². The van der Waals surface area contributed by atoms with E-state index in [2.05, 4.69) is 12.2 Å². The molecule has 0 saturated carbocycles. The van der Waals surface area contributed by atoms with Gasteiger partial charge >= 0.3 is 0 Å². The molecule has 0 spiro atoms. The summed E-state index contributed by atoms with van der Waals surface area (Å²) in [5.74, 6) is -0.160. The summed E-state index contributed by atoms with van der Waals surface area (Å²) in [6, 6.07) is 22.3. The molecule has 3 aromatic carbocycles. The molecule has 0 radical (unpaired) electrons. The lowest BCUT2D eigenvalue weighted by molar-refractivity contribution is 0.0948. The van der Waals surface area contributed by atoms with Crippen LogP contribution in [0.3, 0.4) is 0 Å². The Morgan fingerprint density at radius 3 is 2.45 bits per heavy atom. The Morgan fingerprint density at radius 1 is 1.00 bits per heavy atom. The lowest BCUT2D eigenvalue weighted by atomic mass is 10.1. The van der Waals surface area contributed by atoms with E-state index in [1.165, 1.54) is 0 Å². The van der Waals surface area contributed by atoms with Crippen molar-refractivity contribution in [2.45, 2.75) is 25.9 Å². The molecular weight excluding hydrogens is 384 g/mol. The molecule has 0 unspecified atom stereocenters. The largest absolute Gasteiger partial charge is 0.348 e. The van der Waals surface area contributed by atoms with Crippen molar-refractivity contribution in [1.29, 1.82) is 0 Å². The number of benzene rings is 3. The Hall–Kier alpha value is -3.11. The van der Waals surface area contributed by atoms with Crippen LogP contribution in [0.15, 0.2) is 72.8 Å². The van der Waals surface area contributed by atoms with E-state index >= 15 is 0 Å². The number of rotatable bonds is 4. The number of anilines is 1. The summed E-state index contributed by atoms with van der Waals surface area (Å²) in [5.41, 5.74) is 4.25. The average Bonchev–Trinajstić information content (AvgIpc) is 3.07. The van der Waals surface area contributed by atoms with Gasteiger partial charge in [-0.2, -0.15) is 0 Å². The van der Waals surface area contributed by atoms with Crippen LogP contribution in [-0.2, 0) is 13.0 Å². The zero-order chi connectivity index (χ0) is 20.4. The molecule has 0 bridgehead atoms. The van der Waals surface area contributed by atoms with Gasteiger partial charge in [0, 0.05) is 34.4 Å². The van der Waals surface area contributed by atoms with Gasteiger partial charge in [0.2, 0.25) is 0 Å². The predicted octanol–water partition coefficient (Wildman–Crippen LogP) is 4.86. The number of carbonyl (C=O) groups is 2. The SMILES string of the molecule is C[C@@H]1Cc2ccc(CNC(=O)c3ccc(Cl)cc3)cc2N1C(=O)c1ccccc1. The second-order valence-corrected chi connectivity index (χ2v) is 7.68. The minimum absolute atomic E-state index is 0.000741. The third-order valence-electron chi connectivity index (χ3n) is 5.16. The maximum absolute atomic E-state index is 13.1. The Balaban J connectivity index is 1.52. The van der Waals surface area contributed by atoms with Crippen molar-refractivity contribution in [2.24, 2.45) is 0 Å². The van der Waals surface area contributed by atoms with E-state index in [1.807, 2.05) is 53.4 Å². The zero-order valence-electron chi connectivity index (χ0n) is 16.1. The molecule has 29 heavy (non-hydrogen) atoms. The number of nitrogens with zero attached hydrogens (tertiary/aromatic N) is 1. The summed E-state index contributed by atoms with van der Waals surface area (Å²) in [6.07, 6.45) is 0.825. The van der Waals surface area contributed by atoms with E-state index in [1.54, 1.807) is 24.3 Å². The normalized spacial score (nSPS) is 15.1. The van der Waals surface area contributed by atoms with Gasteiger partial charge in [0.05, 0.1) is 0 Å². The topological polar surface area (TPSA) is 49.4 Å². The molecule has 1 N–H and O–H groups in total. The van der Waals surface area contributed by atoms with Crippen molar-refractivity contribution in [3.8, 4) is 0 Å². The van der Waals surface area contributed by atoms with E-state index in [4.69, 9.17) is 11.6 Å². The smallest absolute Gasteiger partial charge is 0.258 e. The lowest BCUT2D eigenvalue weighted by Crippen LogP contribution is -2.35. The Labute approximate surface area is 175 Å². The highest BCUT2D eigenvalue weighted by Gasteiger charge is 2.31. The Kier molecular flexibility index (Phi) is 5.36. The molecule has 1 aliphatic heterocycles. The molecule has 4 nitrogen and oxygen atoms in total. The van der Waals surface area contributed by atoms with Gasteiger partial charge in [0.25, 0.3) is 11.8 Å². The van der Waals surface area contributed by atoms with Gasteiger partial charge in [-0.1, -0.05) is 41.9 Å². The number of hydrogen-bond donors (Lipinski definition) is 1. The molecule has 4 rings (SSSR count). The summed E-state index contributed by atoms with van der Waals surface area (Å²) in [6.45, 7) is 2.44. The second-order valence-electron chi connectivity index (χ2n) is 7.25. The molecule has 5 heteroatoms. The van der Waals surface area contributed by atoms with Gasteiger partial charge in [0.15, 0.2) is 0 Å². The van der Waals surface area contributed by atoms with E-state index in [0.29, 0.717) is 22.7 Å². The second kappa shape index (κ2) is 8.10. The van der Waals surface area contributed by atoms with Crippen LogP contribution in [0.2, 0.25) is 5.02 Å². The van der Waals surface area contributed by atoms with Crippen LogP contribution in [0.5, 0.6) is 0 Å². The standard InChI is InChI=1S/C24H21ClN2O2/c1-16-13-20-8-7-17(15-26-23(28)18-9-11-21(25)12-10-18)14-22(20)27(16)24(29)19-5-3-2-4-6-19/h2-12,14,16H,13,15H2,1H3,(H,26,28)/t16-/m1/s1. The number of halogens is 1. The fourth-order valence-electron chi connectivity index (χ4n) is 3.68. The van der Waals surface area contributed by atoms with Crippen molar-refractivity contribution >= 4 is 29.1 Å². The number of hydrogen-bond acceptors (Lipinski definition) is 2. The van der Waals surface area contributed by atoms with E-state index < -0.39 is 0 Å². The van der Waals surface area contributed by atoms with Crippen molar-refractivity contribution in [1.82, 2.24) is 5.32 Å². The fourth-order valence-corrected chi connectivity index (χ4v) is 3.80. The zero-order valence-corrected chi connectivity index (χ0v) is 16.8. The van der Waals surface area contributed by atoms with Crippen LogP contribution in [0, 0.1) is 0 Å². The molecule has 0 fully saturated rings. The predicted molar refractivity (Wildman–Crippen MR) is 115 cm³/mol. The van der Waals surface area contributed by atoms with Crippen LogP contribution in [0.1, 0.15) is 38.8 Å². The quantitative estimate of drug-likeness (QED) is 0.675. The molecule has 3 aromatic rings. The van der Waals surface area contributed by atoms with Crippen LogP contribution in [0.4, 0.5) is 5.69 Å². The molecule has 146 valence electrons. The molecule has 1 atom stereocenters. The Morgan fingerprint density at radius 2 is 1.72 bits per heavy atom. The van der Waals surface area contributed by atoms with Gasteiger partial charge in [-0.25, -0.2) is 0 Å². The first-order chi connectivity index (χ1) is 14.0. The number of amides is 2. The van der Waals surface area contributed by atoms with E-state index in [-0.39, 0.29) is 17.9 Å². The van der Waals surface area contributed by atoms with Crippen LogP contribution in [-0.4, -0.2) is 17.9 Å². The summed E-state index contributed by atoms with van der Waals surface area (Å²) in [5, 5.41) is 3.52. The first-order valence-corrected chi connectivity index (χ1v) is 9.95. The fraction of sp³-hybridized carbons (Fsp3) is 0.167. The summed E-state index contributed by atoms with van der Waals surface area (Å²) in [4.78, 5) is 27.3. The van der Waals surface area contributed by atoms with E-state index in [9.17, 15) is 9.59 Å². The molecular formula is C24H21ClN2O2. The van der Waals surface area contributed by atoms with E-state index in [0.717, 1.165) is 23.2 Å². The lowest BCUT2D eigenvalue weighted by Gasteiger charge is -2.23. The van der Waals surface area contributed by atoms with Crippen molar-refractivity contribution in [3.05, 3.63) is 100 Å². The monoisotopic (exact) mass is 404 g/mol. The number of carbonyl (C=O) groups excluding carboxylic acids is 2. The van der Waals surface area contributed by atoms with Gasteiger partial charge in [0.1, 0.15) is 0 Å². The van der Waals surface area contributed by atoms with Gasteiger partial charge in [-0.15, -0.1) is 0 Å². The minimum Gasteiger partial charge on any atom is -0.348 e. The summed E-state index contributed by atoms with van der Waals surface area (Å²) < 4.78 is 0.